The number of amides is 2. The molecule has 0 radical (unpaired) electrons. The molecule has 0 fully saturated rings. The van der Waals surface area contributed by atoms with Crippen molar-refractivity contribution in [1.82, 2.24) is 0 Å². The van der Waals surface area contributed by atoms with Crippen LogP contribution in [0.3, 0.4) is 0 Å². The predicted molar refractivity (Wildman–Crippen MR) is 96.4 cm³/mol. The number of hydrogen-bond donors (Lipinski definition) is 3. The number of aromatic carboxylic acids is 1. The lowest BCUT2D eigenvalue weighted by Gasteiger charge is -2.24. The summed E-state index contributed by atoms with van der Waals surface area (Å²) in [5.74, 6) is -1.69. The number of para-hydroxylation sites is 1. The lowest BCUT2D eigenvalue weighted by molar-refractivity contribution is -0.120. The zero-order chi connectivity index (χ0) is 18.0. The van der Waals surface area contributed by atoms with Crippen molar-refractivity contribution in [2.24, 2.45) is 0 Å². The largest absolute Gasteiger partial charge is 0.478 e. The summed E-state index contributed by atoms with van der Waals surface area (Å²) in [5.41, 5.74) is 1.15. The Morgan fingerprint density at radius 2 is 2.00 bits per heavy atom. The van der Waals surface area contributed by atoms with Crippen LogP contribution >= 0.6 is 23.4 Å². The van der Waals surface area contributed by atoms with E-state index in [2.05, 4.69) is 10.6 Å². The van der Waals surface area contributed by atoms with Crippen LogP contribution in [0.5, 0.6) is 0 Å². The molecule has 0 bridgehead atoms. The van der Waals surface area contributed by atoms with Gasteiger partial charge in [0.25, 0.3) is 0 Å². The van der Waals surface area contributed by atoms with Gasteiger partial charge in [0.05, 0.1) is 27.2 Å². The van der Waals surface area contributed by atoms with Crippen molar-refractivity contribution in [1.29, 1.82) is 0 Å². The van der Waals surface area contributed by atoms with Gasteiger partial charge in [0, 0.05) is 11.3 Å². The van der Waals surface area contributed by atoms with E-state index < -0.39 is 11.2 Å². The molecular formula is C17H13ClN2O4S. The second kappa shape index (κ2) is 7.16. The van der Waals surface area contributed by atoms with Gasteiger partial charge >= 0.3 is 5.97 Å². The summed E-state index contributed by atoms with van der Waals surface area (Å²) in [4.78, 5) is 36.1. The van der Waals surface area contributed by atoms with Crippen LogP contribution in [0.15, 0.2) is 47.4 Å². The van der Waals surface area contributed by atoms with E-state index in [1.54, 1.807) is 30.3 Å². The average Bonchev–Trinajstić information content (AvgIpc) is 2.57. The van der Waals surface area contributed by atoms with Gasteiger partial charge in [-0.2, -0.15) is 0 Å². The van der Waals surface area contributed by atoms with E-state index in [4.69, 9.17) is 16.7 Å². The molecule has 1 aliphatic heterocycles. The summed E-state index contributed by atoms with van der Waals surface area (Å²) in [7, 11) is 0. The Morgan fingerprint density at radius 1 is 1.24 bits per heavy atom. The number of nitrogens with one attached hydrogen (secondary N) is 2. The number of anilines is 2. The maximum Gasteiger partial charge on any atom is 0.335 e. The van der Waals surface area contributed by atoms with Crippen LogP contribution in [0, 0.1) is 0 Å². The lowest BCUT2D eigenvalue weighted by atomic mass is 10.2. The minimum atomic E-state index is -1.05. The Kier molecular flexibility index (Phi) is 4.96. The normalized spacial score (nSPS) is 15.9. The fraction of sp³-hybridized carbons (Fsp3) is 0.118. The van der Waals surface area contributed by atoms with Gasteiger partial charge in [-0.05, 0) is 30.3 Å². The molecule has 0 unspecified atom stereocenters. The number of hydrogen-bond acceptors (Lipinski definition) is 4. The number of benzene rings is 2. The second-order valence-electron chi connectivity index (χ2n) is 5.34. The Bertz CT molecular complexity index is 871. The van der Waals surface area contributed by atoms with E-state index in [9.17, 15) is 14.4 Å². The van der Waals surface area contributed by atoms with Crippen molar-refractivity contribution >= 4 is 52.5 Å². The van der Waals surface area contributed by atoms with Crippen LogP contribution < -0.4 is 10.6 Å². The minimum absolute atomic E-state index is 0.0571. The summed E-state index contributed by atoms with van der Waals surface area (Å²) < 4.78 is 0. The highest BCUT2D eigenvalue weighted by Crippen LogP contribution is 2.37. The molecule has 3 N–H and O–H groups in total. The molecule has 128 valence electrons. The summed E-state index contributed by atoms with van der Waals surface area (Å²) in [6.45, 7) is 0. The van der Waals surface area contributed by atoms with Gasteiger partial charge < -0.3 is 15.7 Å². The molecule has 2 aromatic rings. The first kappa shape index (κ1) is 17.3. The van der Waals surface area contributed by atoms with Crippen LogP contribution in [0.25, 0.3) is 0 Å². The third-order valence-electron chi connectivity index (χ3n) is 3.57. The Balaban J connectivity index is 1.72. The third-order valence-corrected chi connectivity index (χ3v) is 5.15. The van der Waals surface area contributed by atoms with Crippen LogP contribution in [0.4, 0.5) is 11.4 Å². The molecule has 0 saturated carbocycles. The molecule has 0 saturated heterocycles. The molecular weight excluding hydrogens is 364 g/mol. The van der Waals surface area contributed by atoms with Gasteiger partial charge in [-0.1, -0.05) is 23.7 Å². The first-order valence-electron chi connectivity index (χ1n) is 7.33. The van der Waals surface area contributed by atoms with E-state index in [-0.39, 0.29) is 23.8 Å². The summed E-state index contributed by atoms with van der Waals surface area (Å²) in [5, 5.41) is 14.2. The monoisotopic (exact) mass is 376 g/mol. The number of rotatable bonds is 4. The van der Waals surface area contributed by atoms with Crippen LogP contribution in [-0.2, 0) is 9.59 Å². The quantitative estimate of drug-likeness (QED) is 0.759. The number of carboxylic acid groups (broad SMARTS) is 1. The first-order valence-corrected chi connectivity index (χ1v) is 8.59. The van der Waals surface area contributed by atoms with Crippen molar-refractivity contribution in [3.63, 3.8) is 0 Å². The Morgan fingerprint density at radius 3 is 2.72 bits per heavy atom. The van der Waals surface area contributed by atoms with Gasteiger partial charge in [0.1, 0.15) is 0 Å². The second-order valence-corrected chi connectivity index (χ2v) is 7.00. The standard InChI is InChI=1S/C17H13ClN2O4S/c18-10-3-1-2-4-11(10)19-15(21)8-14-16(22)20-12-6-5-9(17(23)24)7-13(12)25-14/h1-7,14H,8H2,(H,19,21)(H,20,22)(H,23,24)/t14-/m1/s1. The molecule has 2 amide bonds. The number of fused-ring (bicyclic) bond motifs is 1. The highest BCUT2D eigenvalue weighted by molar-refractivity contribution is 8.01. The fourth-order valence-electron chi connectivity index (χ4n) is 2.34. The van der Waals surface area contributed by atoms with Crippen LogP contribution in [0.1, 0.15) is 16.8 Å². The van der Waals surface area contributed by atoms with Crippen molar-refractivity contribution in [3.8, 4) is 0 Å². The molecule has 8 heteroatoms. The highest BCUT2D eigenvalue weighted by Gasteiger charge is 2.29. The predicted octanol–water partition coefficient (Wildman–Crippen LogP) is 3.48. The zero-order valence-corrected chi connectivity index (χ0v) is 14.4. The Hall–Kier alpha value is -2.51. The van der Waals surface area contributed by atoms with Crippen molar-refractivity contribution in [3.05, 3.63) is 53.1 Å². The SMILES string of the molecule is O=C(C[C@H]1Sc2cc(C(=O)O)ccc2NC1=O)Nc1ccccc1Cl. The first-order chi connectivity index (χ1) is 11.9. The third kappa shape index (κ3) is 3.94. The molecule has 3 rings (SSSR count). The molecule has 0 aromatic heterocycles. The van der Waals surface area contributed by atoms with Crippen LogP contribution in [-0.4, -0.2) is 28.1 Å². The molecule has 1 aliphatic rings. The van der Waals surface area contributed by atoms with E-state index in [0.29, 0.717) is 21.3 Å². The van der Waals surface area contributed by atoms with Gasteiger partial charge in [0.2, 0.25) is 11.8 Å². The van der Waals surface area contributed by atoms with Crippen molar-refractivity contribution < 1.29 is 19.5 Å². The van der Waals surface area contributed by atoms with E-state index in [1.807, 2.05) is 0 Å². The highest BCUT2D eigenvalue weighted by atomic mass is 35.5. The molecule has 25 heavy (non-hydrogen) atoms. The van der Waals surface area contributed by atoms with Gasteiger partial charge in [0.15, 0.2) is 0 Å². The number of carbonyl (C=O) groups excluding carboxylic acids is 2. The molecule has 2 aromatic carbocycles. The topological polar surface area (TPSA) is 95.5 Å². The molecule has 1 heterocycles. The average molecular weight is 377 g/mol. The van der Waals surface area contributed by atoms with E-state index in [1.165, 1.54) is 23.9 Å². The number of carboxylic acids is 1. The molecule has 0 aliphatic carbocycles. The fourth-order valence-corrected chi connectivity index (χ4v) is 3.67. The van der Waals surface area contributed by atoms with Crippen LogP contribution in [0.2, 0.25) is 5.02 Å². The zero-order valence-electron chi connectivity index (χ0n) is 12.8. The van der Waals surface area contributed by atoms with E-state index in [0.717, 1.165) is 0 Å². The van der Waals surface area contributed by atoms with Gasteiger partial charge in [-0.25, -0.2) is 4.79 Å². The maximum atomic E-state index is 12.2. The van der Waals surface area contributed by atoms with Gasteiger partial charge in [-0.15, -0.1) is 11.8 Å². The summed E-state index contributed by atoms with van der Waals surface area (Å²) in [6, 6.07) is 11.3. The number of thioether (sulfide) groups is 1. The van der Waals surface area contributed by atoms with Crippen molar-refractivity contribution in [2.45, 2.75) is 16.6 Å². The Labute approximate surface area is 152 Å². The summed E-state index contributed by atoms with van der Waals surface area (Å²) >= 11 is 7.17. The summed E-state index contributed by atoms with van der Waals surface area (Å²) in [6.07, 6.45) is -0.0571. The smallest absolute Gasteiger partial charge is 0.335 e. The van der Waals surface area contributed by atoms with Gasteiger partial charge in [-0.3, -0.25) is 9.59 Å². The minimum Gasteiger partial charge on any atom is -0.478 e. The van der Waals surface area contributed by atoms with Crippen molar-refractivity contribution in [2.75, 3.05) is 10.6 Å². The number of carbonyl (C=O) groups is 3. The molecule has 0 spiro atoms. The van der Waals surface area contributed by atoms with E-state index >= 15 is 0 Å². The molecule has 6 nitrogen and oxygen atoms in total. The lowest BCUT2D eigenvalue weighted by Crippen LogP contribution is -2.32. The number of halogens is 1. The maximum absolute atomic E-state index is 12.2. The molecule has 1 atom stereocenters.